The average Bonchev–Trinajstić information content (AvgIpc) is 2.29. The molecule has 1 rings (SSSR count). The van der Waals surface area contributed by atoms with Crippen molar-refractivity contribution in [2.24, 2.45) is 0 Å². The van der Waals surface area contributed by atoms with Crippen LogP contribution in [-0.4, -0.2) is 31.2 Å². The van der Waals surface area contributed by atoms with Crippen molar-refractivity contribution in [1.82, 2.24) is 10.6 Å². The molecule has 0 saturated heterocycles. The van der Waals surface area contributed by atoms with Gasteiger partial charge < -0.3 is 15.4 Å². The lowest BCUT2D eigenvalue weighted by Gasteiger charge is -2.23. The lowest BCUT2D eigenvalue weighted by Crippen LogP contribution is -2.46. The van der Waals surface area contributed by atoms with Crippen LogP contribution in [0, 0.1) is 0 Å². The maximum absolute atomic E-state index is 11.6. The van der Waals surface area contributed by atoms with E-state index in [0.717, 1.165) is 12.8 Å². The zero-order chi connectivity index (χ0) is 12.7. The Hall–Kier alpha value is -1.26. The minimum atomic E-state index is -0.310. The first-order valence-electron chi connectivity index (χ1n) is 6.25. The first-order valence-corrected chi connectivity index (χ1v) is 6.25. The van der Waals surface area contributed by atoms with Crippen LogP contribution in [0.2, 0.25) is 0 Å². The van der Waals surface area contributed by atoms with Crippen LogP contribution < -0.4 is 10.6 Å². The Balaban J connectivity index is 2.21. The number of amides is 2. The number of methoxy groups -OCH3 is 1. The molecule has 0 aromatic rings. The van der Waals surface area contributed by atoms with E-state index < -0.39 is 0 Å². The van der Waals surface area contributed by atoms with Crippen molar-refractivity contribution >= 4 is 12.0 Å². The van der Waals surface area contributed by atoms with Gasteiger partial charge >= 0.3 is 12.0 Å². The Bertz CT molecular complexity index is 262. The molecule has 5 nitrogen and oxygen atoms in total. The highest BCUT2D eigenvalue weighted by molar-refractivity contribution is 5.76. The summed E-state index contributed by atoms with van der Waals surface area (Å²) in [6, 6.07) is -0.103. The van der Waals surface area contributed by atoms with Crippen LogP contribution >= 0.6 is 0 Å². The van der Waals surface area contributed by atoms with E-state index in [1.165, 1.54) is 26.4 Å². The largest absolute Gasteiger partial charge is 0.469 e. The number of hydrogen-bond acceptors (Lipinski definition) is 3. The number of hydrogen-bond donors (Lipinski definition) is 2. The van der Waals surface area contributed by atoms with Crippen LogP contribution in [0.5, 0.6) is 0 Å². The summed E-state index contributed by atoms with van der Waals surface area (Å²) in [4.78, 5) is 22.6. The number of ether oxygens (including phenoxy) is 1. The van der Waals surface area contributed by atoms with Crippen molar-refractivity contribution in [2.75, 3.05) is 7.11 Å². The molecule has 0 bridgehead atoms. The number of rotatable bonds is 4. The van der Waals surface area contributed by atoms with E-state index in [9.17, 15) is 9.59 Å². The second-order valence-electron chi connectivity index (χ2n) is 4.63. The Kier molecular flexibility index (Phi) is 5.80. The van der Waals surface area contributed by atoms with E-state index in [1.807, 2.05) is 0 Å². The van der Waals surface area contributed by atoms with Gasteiger partial charge in [-0.05, 0) is 19.8 Å². The number of esters is 1. The molecule has 2 N–H and O–H groups in total. The van der Waals surface area contributed by atoms with Gasteiger partial charge in [-0.25, -0.2) is 4.79 Å². The highest BCUT2D eigenvalue weighted by atomic mass is 16.5. The molecule has 1 saturated carbocycles. The van der Waals surface area contributed by atoms with Gasteiger partial charge in [0.2, 0.25) is 0 Å². The number of carbonyl (C=O) groups is 2. The van der Waals surface area contributed by atoms with E-state index in [1.54, 1.807) is 6.92 Å². The maximum atomic E-state index is 11.6. The summed E-state index contributed by atoms with van der Waals surface area (Å²) in [6.45, 7) is 1.79. The third-order valence-corrected chi connectivity index (χ3v) is 3.02. The number of carbonyl (C=O) groups excluding carboxylic acids is 2. The summed E-state index contributed by atoms with van der Waals surface area (Å²) in [5, 5.41) is 5.68. The topological polar surface area (TPSA) is 67.4 Å². The van der Waals surface area contributed by atoms with Crippen LogP contribution in [0.15, 0.2) is 0 Å². The molecule has 1 fully saturated rings. The molecule has 2 amide bonds. The first-order chi connectivity index (χ1) is 8.11. The van der Waals surface area contributed by atoms with Gasteiger partial charge in [-0.3, -0.25) is 4.79 Å². The van der Waals surface area contributed by atoms with E-state index in [4.69, 9.17) is 0 Å². The van der Waals surface area contributed by atoms with Gasteiger partial charge in [0.05, 0.1) is 13.5 Å². The molecule has 0 aromatic carbocycles. The van der Waals surface area contributed by atoms with Crippen molar-refractivity contribution in [3.8, 4) is 0 Å². The second-order valence-corrected chi connectivity index (χ2v) is 4.63. The predicted octanol–water partition coefficient (Wildman–Crippen LogP) is 1.57. The minimum Gasteiger partial charge on any atom is -0.469 e. The monoisotopic (exact) mass is 242 g/mol. The predicted molar refractivity (Wildman–Crippen MR) is 64.6 cm³/mol. The van der Waals surface area contributed by atoms with Crippen LogP contribution in [0.4, 0.5) is 4.79 Å². The average molecular weight is 242 g/mol. The number of urea groups is 1. The van der Waals surface area contributed by atoms with Crippen LogP contribution in [0.25, 0.3) is 0 Å². The summed E-state index contributed by atoms with van der Waals surface area (Å²) in [5.41, 5.74) is 0. The van der Waals surface area contributed by atoms with Crippen molar-refractivity contribution in [1.29, 1.82) is 0 Å². The van der Waals surface area contributed by atoms with Gasteiger partial charge in [0.1, 0.15) is 0 Å². The molecule has 0 radical (unpaired) electrons. The van der Waals surface area contributed by atoms with Gasteiger partial charge in [0, 0.05) is 12.1 Å². The summed E-state index contributed by atoms with van der Waals surface area (Å²) in [7, 11) is 1.34. The fourth-order valence-electron chi connectivity index (χ4n) is 2.08. The van der Waals surface area contributed by atoms with Crippen LogP contribution in [0.1, 0.15) is 45.4 Å². The highest BCUT2D eigenvalue weighted by Gasteiger charge is 2.17. The smallest absolute Gasteiger partial charge is 0.315 e. The number of nitrogens with one attached hydrogen (secondary N) is 2. The molecule has 1 aliphatic carbocycles. The van der Waals surface area contributed by atoms with E-state index in [-0.39, 0.29) is 30.5 Å². The van der Waals surface area contributed by atoms with Crippen LogP contribution in [0.3, 0.4) is 0 Å². The summed E-state index contributed by atoms with van der Waals surface area (Å²) in [6.07, 6.45) is 5.94. The van der Waals surface area contributed by atoms with Gasteiger partial charge in [-0.1, -0.05) is 19.3 Å². The summed E-state index contributed by atoms with van der Waals surface area (Å²) < 4.78 is 4.54. The molecule has 1 unspecified atom stereocenters. The fraction of sp³-hybridized carbons (Fsp3) is 0.833. The molecule has 1 atom stereocenters. The van der Waals surface area contributed by atoms with Gasteiger partial charge in [0.25, 0.3) is 0 Å². The molecule has 0 spiro atoms. The zero-order valence-corrected chi connectivity index (χ0v) is 10.6. The normalized spacial score (nSPS) is 18.2. The van der Waals surface area contributed by atoms with E-state index in [0.29, 0.717) is 0 Å². The van der Waals surface area contributed by atoms with Crippen molar-refractivity contribution in [2.45, 2.75) is 57.5 Å². The van der Waals surface area contributed by atoms with Gasteiger partial charge in [-0.15, -0.1) is 0 Å². The van der Waals surface area contributed by atoms with E-state index >= 15 is 0 Å². The Morgan fingerprint density at radius 2 is 1.94 bits per heavy atom. The molecule has 0 heterocycles. The molecule has 98 valence electrons. The van der Waals surface area contributed by atoms with Crippen molar-refractivity contribution in [3.63, 3.8) is 0 Å². The third-order valence-electron chi connectivity index (χ3n) is 3.02. The van der Waals surface area contributed by atoms with Crippen molar-refractivity contribution in [3.05, 3.63) is 0 Å². The molecule has 0 aromatic heterocycles. The zero-order valence-electron chi connectivity index (χ0n) is 10.6. The summed E-state index contributed by atoms with van der Waals surface area (Å²) in [5.74, 6) is -0.310. The highest BCUT2D eigenvalue weighted by Crippen LogP contribution is 2.17. The van der Waals surface area contributed by atoms with E-state index in [2.05, 4.69) is 15.4 Å². The fourth-order valence-corrected chi connectivity index (χ4v) is 2.08. The maximum Gasteiger partial charge on any atom is 0.315 e. The quantitative estimate of drug-likeness (QED) is 0.735. The molecule has 17 heavy (non-hydrogen) atoms. The second kappa shape index (κ2) is 7.14. The lowest BCUT2D eigenvalue weighted by molar-refractivity contribution is -0.141. The van der Waals surface area contributed by atoms with Gasteiger partial charge in [-0.2, -0.15) is 0 Å². The van der Waals surface area contributed by atoms with Gasteiger partial charge in [0.15, 0.2) is 0 Å². The van der Waals surface area contributed by atoms with Crippen LogP contribution in [-0.2, 0) is 9.53 Å². The molecule has 5 heteroatoms. The molecular formula is C12H22N2O3. The third kappa shape index (κ3) is 5.56. The van der Waals surface area contributed by atoms with Crippen molar-refractivity contribution < 1.29 is 14.3 Å². The Morgan fingerprint density at radius 1 is 1.29 bits per heavy atom. The minimum absolute atomic E-state index is 0.187. The Morgan fingerprint density at radius 3 is 2.53 bits per heavy atom. The molecular weight excluding hydrogens is 220 g/mol. The Labute approximate surface area is 102 Å². The SMILES string of the molecule is COC(=O)CC(C)NC(=O)NC1CCCCC1. The summed E-state index contributed by atoms with van der Waals surface area (Å²) >= 11 is 0. The first kappa shape index (κ1) is 13.8. The standard InChI is InChI=1S/C12H22N2O3/c1-9(8-11(15)17-2)13-12(16)14-10-6-4-3-5-7-10/h9-10H,3-8H2,1-2H3,(H2,13,14,16). The molecule has 0 aliphatic heterocycles. The molecule has 1 aliphatic rings. The lowest BCUT2D eigenvalue weighted by atomic mass is 9.96.